The summed E-state index contributed by atoms with van der Waals surface area (Å²) in [6, 6.07) is 8.76. The summed E-state index contributed by atoms with van der Waals surface area (Å²) in [7, 11) is 2.12. The Kier molecular flexibility index (Phi) is 3.21. The molecule has 2 unspecified atom stereocenters. The van der Waals surface area contributed by atoms with Crippen LogP contribution in [0.4, 0.5) is 5.69 Å². The van der Waals surface area contributed by atoms with Crippen LogP contribution in [0.2, 0.25) is 0 Å². The van der Waals surface area contributed by atoms with Crippen LogP contribution in [0.15, 0.2) is 24.3 Å². The molecule has 2 N–H and O–H groups in total. The Bertz CT molecular complexity index is 498. The van der Waals surface area contributed by atoms with Gasteiger partial charge in [-0.15, -0.1) is 0 Å². The van der Waals surface area contributed by atoms with Crippen molar-refractivity contribution in [2.75, 3.05) is 12.4 Å². The minimum Gasteiger partial charge on any atom is -0.480 e. The molecule has 1 aromatic rings. The molecule has 0 aromatic heterocycles. The highest BCUT2D eigenvalue weighted by Gasteiger charge is 2.51. The minimum atomic E-state index is -0.812. The van der Waals surface area contributed by atoms with Crippen molar-refractivity contribution in [3.63, 3.8) is 0 Å². The van der Waals surface area contributed by atoms with Crippen LogP contribution in [0.3, 0.4) is 0 Å². The van der Waals surface area contributed by atoms with Crippen molar-refractivity contribution in [2.45, 2.75) is 50.2 Å². The highest BCUT2D eigenvalue weighted by Crippen LogP contribution is 2.41. The number of nitrogens with zero attached hydrogens (tertiary/aromatic N) is 1. The Morgan fingerprint density at radius 1 is 1.25 bits per heavy atom. The highest BCUT2D eigenvalue weighted by molar-refractivity contribution is 5.83. The molecule has 2 atom stereocenters. The molecule has 20 heavy (non-hydrogen) atoms. The lowest BCUT2D eigenvalue weighted by Gasteiger charge is -2.43. The highest BCUT2D eigenvalue weighted by atomic mass is 16.4. The number of aliphatic carboxylic acids is 1. The van der Waals surface area contributed by atoms with Crippen LogP contribution in [-0.2, 0) is 4.79 Å². The SMILES string of the molecule is Cc1ccc(NC2(C(=O)O)CC3CCC(C2)N3C)cc1. The van der Waals surface area contributed by atoms with Gasteiger partial charge in [0.25, 0.3) is 0 Å². The molecule has 0 amide bonds. The molecule has 2 bridgehead atoms. The van der Waals surface area contributed by atoms with Gasteiger partial charge in [-0.05, 0) is 51.8 Å². The third kappa shape index (κ3) is 2.18. The lowest BCUT2D eigenvalue weighted by Crippen LogP contribution is -2.57. The number of nitrogens with one attached hydrogen (secondary N) is 1. The maximum absolute atomic E-state index is 11.9. The second-order valence-electron chi connectivity index (χ2n) is 6.34. The van der Waals surface area contributed by atoms with E-state index in [4.69, 9.17) is 0 Å². The van der Waals surface area contributed by atoms with Gasteiger partial charge in [-0.1, -0.05) is 17.7 Å². The maximum atomic E-state index is 11.9. The number of anilines is 1. The fourth-order valence-corrected chi connectivity index (χ4v) is 3.71. The summed E-state index contributed by atoms with van der Waals surface area (Å²) in [5.41, 5.74) is 1.28. The molecule has 2 fully saturated rings. The zero-order chi connectivity index (χ0) is 14.3. The van der Waals surface area contributed by atoms with Crippen molar-refractivity contribution in [1.82, 2.24) is 4.90 Å². The Morgan fingerprint density at radius 2 is 1.80 bits per heavy atom. The number of hydrogen-bond acceptors (Lipinski definition) is 3. The van der Waals surface area contributed by atoms with E-state index in [0.29, 0.717) is 24.9 Å². The number of carbonyl (C=O) groups is 1. The van der Waals surface area contributed by atoms with Crippen molar-refractivity contribution in [3.05, 3.63) is 29.8 Å². The standard InChI is InChI=1S/C16H22N2O2/c1-11-3-5-12(6-4-11)17-16(15(19)20)9-13-7-8-14(10-16)18(13)2/h3-6,13-14,17H,7-10H2,1-2H3,(H,19,20). The van der Waals surface area contributed by atoms with E-state index in [2.05, 4.69) is 17.3 Å². The largest absolute Gasteiger partial charge is 0.480 e. The predicted octanol–water partition coefficient (Wildman–Crippen LogP) is 2.49. The zero-order valence-corrected chi connectivity index (χ0v) is 12.1. The van der Waals surface area contributed by atoms with Crippen LogP contribution < -0.4 is 5.32 Å². The Labute approximate surface area is 119 Å². The monoisotopic (exact) mass is 274 g/mol. The van der Waals surface area contributed by atoms with Crippen LogP contribution in [0.1, 0.15) is 31.2 Å². The summed E-state index contributed by atoms with van der Waals surface area (Å²) in [4.78, 5) is 14.3. The summed E-state index contributed by atoms with van der Waals surface area (Å²) >= 11 is 0. The minimum absolute atomic E-state index is 0.391. The Balaban J connectivity index is 1.86. The van der Waals surface area contributed by atoms with Crippen molar-refractivity contribution >= 4 is 11.7 Å². The number of aryl methyl sites for hydroxylation is 1. The van der Waals surface area contributed by atoms with Gasteiger partial charge in [0, 0.05) is 17.8 Å². The van der Waals surface area contributed by atoms with Crippen LogP contribution in [-0.4, -0.2) is 40.6 Å². The van der Waals surface area contributed by atoms with Crippen molar-refractivity contribution in [2.24, 2.45) is 0 Å². The molecule has 3 rings (SSSR count). The van der Waals surface area contributed by atoms with Gasteiger partial charge < -0.3 is 15.3 Å². The van der Waals surface area contributed by atoms with Crippen LogP contribution in [0.25, 0.3) is 0 Å². The smallest absolute Gasteiger partial charge is 0.329 e. The molecule has 2 aliphatic rings. The van der Waals surface area contributed by atoms with Gasteiger partial charge in [0.15, 0.2) is 0 Å². The number of carboxylic acids is 1. The number of rotatable bonds is 3. The lowest BCUT2D eigenvalue weighted by atomic mass is 9.82. The van der Waals surface area contributed by atoms with E-state index in [0.717, 1.165) is 18.5 Å². The van der Waals surface area contributed by atoms with E-state index in [1.165, 1.54) is 5.56 Å². The number of benzene rings is 1. The maximum Gasteiger partial charge on any atom is 0.329 e. The summed E-state index contributed by atoms with van der Waals surface area (Å²) < 4.78 is 0. The quantitative estimate of drug-likeness (QED) is 0.889. The first-order valence-electron chi connectivity index (χ1n) is 7.30. The van der Waals surface area contributed by atoms with Gasteiger partial charge >= 0.3 is 5.97 Å². The first-order valence-corrected chi connectivity index (χ1v) is 7.30. The molecule has 0 saturated carbocycles. The van der Waals surface area contributed by atoms with E-state index < -0.39 is 11.5 Å². The molecule has 108 valence electrons. The number of piperidine rings is 1. The summed E-state index contributed by atoms with van der Waals surface area (Å²) in [6.45, 7) is 2.03. The molecule has 2 aliphatic heterocycles. The average molecular weight is 274 g/mol. The van der Waals surface area contributed by atoms with Crippen LogP contribution in [0, 0.1) is 6.92 Å². The number of hydrogen-bond donors (Lipinski definition) is 2. The molecule has 0 radical (unpaired) electrons. The van der Waals surface area contributed by atoms with E-state index in [9.17, 15) is 9.90 Å². The van der Waals surface area contributed by atoms with Crippen LogP contribution in [0.5, 0.6) is 0 Å². The number of fused-ring (bicyclic) bond motifs is 2. The molecular formula is C16H22N2O2. The lowest BCUT2D eigenvalue weighted by molar-refractivity contribution is -0.145. The van der Waals surface area contributed by atoms with Gasteiger partial charge in [0.1, 0.15) is 5.54 Å². The van der Waals surface area contributed by atoms with Crippen molar-refractivity contribution in [3.8, 4) is 0 Å². The topological polar surface area (TPSA) is 52.6 Å². The van der Waals surface area contributed by atoms with Gasteiger partial charge in [-0.3, -0.25) is 0 Å². The fourth-order valence-electron chi connectivity index (χ4n) is 3.71. The normalized spacial score (nSPS) is 33.1. The zero-order valence-electron chi connectivity index (χ0n) is 12.1. The second-order valence-corrected chi connectivity index (χ2v) is 6.34. The van der Waals surface area contributed by atoms with Crippen molar-refractivity contribution in [1.29, 1.82) is 0 Å². The van der Waals surface area contributed by atoms with E-state index in [1.54, 1.807) is 0 Å². The Morgan fingerprint density at radius 3 is 2.30 bits per heavy atom. The van der Waals surface area contributed by atoms with Crippen LogP contribution >= 0.6 is 0 Å². The first-order chi connectivity index (χ1) is 9.50. The molecule has 2 heterocycles. The second kappa shape index (κ2) is 4.77. The predicted molar refractivity (Wildman–Crippen MR) is 79.0 cm³/mol. The third-order valence-corrected chi connectivity index (χ3v) is 5.00. The summed E-state index contributed by atoms with van der Waals surface area (Å²) in [5, 5.41) is 13.1. The third-order valence-electron chi connectivity index (χ3n) is 5.00. The van der Waals surface area contributed by atoms with Gasteiger partial charge in [-0.25, -0.2) is 4.79 Å². The summed E-state index contributed by atoms with van der Waals surface area (Å²) in [6.07, 6.45) is 3.60. The molecular weight excluding hydrogens is 252 g/mol. The number of carboxylic acid groups (broad SMARTS) is 1. The van der Waals surface area contributed by atoms with E-state index in [1.807, 2.05) is 31.2 Å². The van der Waals surface area contributed by atoms with E-state index in [-0.39, 0.29) is 0 Å². The fraction of sp³-hybridized carbons (Fsp3) is 0.562. The van der Waals surface area contributed by atoms with Gasteiger partial charge in [0.2, 0.25) is 0 Å². The van der Waals surface area contributed by atoms with E-state index >= 15 is 0 Å². The van der Waals surface area contributed by atoms with Gasteiger partial charge in [0.05, 0.1) is 0 Å². The Hall–Kier alpha value is -1.55. The first kappa shape index (κ1) is 13.4. The molecule has 1 aromatic carbocycles. The van der Waals surface area contributed by atoms with Gasteiger partial charge in [-0.2, -0.15) is 0 Å². The average Bonchev–Trinajstić information content (AvgIpc) is 2.64. The molecule has 4 heteroatoms. The molecule has 4 nitrogen and oxygen atoms in total. The summed E-state index contributed by atoms with van der Waals surface area (Å²) in [5.74, 6) is -0.719. The molecule has 0 spiro atoms. The van der Waals surface area contributed by atoms with Crippen molar-refractivity contribution < 1.29 is 9.90 Å². The molecule has 0 aliphatic carbocycles. The molecule has 2 saturated heterocycles.